The van der Waals surface area contributed by atoms with Crippen LogP contribution in [0.3, 0.4) is 0 Å². The number of furan rings is 1. The minimum atomic E-state index is -0.460. The summed E-state index contributed by atoms with van der Waals surface area (Å²) in [6, 6.07) is 0. The quantitative estimate of drug-likeness (QED) is 0.737. The van der Waals surface area contributed by atoms with Crippen molar-refractivity contribution in [2.75, 3.05) is 0 Å². The second kappa shape index (κ2) is 2.54. The number of aliphatic hydroxyl groups is 1. The Morgan fingerprint density at radius 2 is 2.33 bits per heavy atom. The highest BCUT2D eigenvalue weighted by molar-refractivity contribution is 9.10. The van der Waals surface area contributed by atoms with Crippen molar-refractivity contribution in [3.8, 4) is 0 Å². The Hall–Kier alpha value is -0.280. The first kappa shape index (κ1) is 6.83. The van der Waals surface area contributed by atoms with E-state index in [1.165, 1.54) is 6.26 Å². The number of halogens is 1. The molecular formula is C6H7BrO2. The molecule has 1 aromatic heterocycles. The molecule has 0 saturated carbocycles. The second-order valence-electron chi connectivity index (χ2n) is 1.85. The van der Waals surface area contributed by atoms with Crippen molar-refractivity contribution in [2.24, 2.45) is 0 Å². The third-order valence-electron chi connectivity index (χ3n) is 1.09. The molecule has 0 bridgehead atoms. The van der Waals surface area contributed by atoms with E-state index < -0.39 is 6.10 Å². The van der Waals surface area contributed by atoms with Crippen LogP contribution in [0, 0.1) is 0 Å². The SMILES string of the molecule is CC(O)c1cocc1Br. The van der Waals surface area contributed by atoms with Gasteiger partial charge in [0.05, 0.1) is 16.8 Å². The fourth-order valence-corrected chi connectivity index (χ4v) is 1.12. The van der Waals surface area contributed by atoms with Gasteiger partial charge in [0.15, 0.2) is 0 Å². The van der Waals surface area contributed by atoms with E-state index in [9.17, 15) is 0 Å². The number of hydrogen-bond acceptors (Lipinski definition) is 2. The molecule has 0 radical (unpaired) electrons. The molecule has 0 saturated heterocycles. The van der Waals surface area contributed by atoms with Crippen molar-refractivity contribution in [1.29, 1.82) is 0 Å². The van der Waals surface area contributed by atoms with Crippen LogP contribution in [0.5, 0.6) is 0 Å². The van der Waals surface area contributed by atoms with Crippen LogP contribution < -0.4 is 0 Å². The molecular weight excluding hydrogens is 184 g/mol. The minimum Gasteiger partial charge on any atom is -0.471 e. The van der Waals surface area contributed by atoms with Gasteiger partial charge in [0.2, 0.25) is 0 Å². The summed E-state index contributed by atoms with van der Waals surface area (Å²) in [6.07, 6.45) is 2.61. The molecule has 1 N–H and O–H groups in total. The molecule has 1 atom stereocenters. The molecule has 1 rings (SSSR count). The van der Waals surface area contributed by atoms with Crippen molar-refractivity contribution in [3.05, 3.63) is 22.6 Å². The predicted octanol–water partition coefficient (Wildman–Crippen LogP) is 2.10. The summed E-state index contributed by atoms with van der Waals surface area (Å²) in [4.78, 5) is 0. The van der Waals surface area contributed by atoms with E-state index in [0.29, 0.717) is 0 Å². The lowest BCUT2D eigenvalue weighted by Crippen LogP contribution is -1.87. The summed E-state index contributed by atoms with van der Waals surface area (Å²) in [6.45, 7) is 1.69. The van der Waals surface area contributed by atoms with Gasteiger partial charge in [-0.3, -0.25) is 0 Å². The molecule has 2 nitrogen and oxygen atoms in total. The summed E-state index contributed by atoms with van der Waals surface area (Å²) in [5.74, 6) is 0. The third-order valence-corrected chi connectivity index (χ3v) is 1.74. The van der Waals surface area contributed by atoms with Crippen molar-refractivity contribution in [2.45, 2.75) is 13.0 Å². The van der Waals surface area contributed by atoms with Crippen LogP contribution in [-0.2, 0) is 0 Å². The highest BCUT2D eigenvalue weighted by Gasteiger charge is 2.06. The molecule has 1 heterocycles. The molecule has 0 spiro atoms. The van der Waals surface area contributed by atoms with Crippen LogP contribution in [0.15, 0.2) is 21.4 Å². The summed E-state index contributed by atoms with van der Waals surface area (Å²) >= 11 is 3.21. The van der Waals surface area contributed by atoms with Gasteiger partial charge in [-0.15, -0.1) is 0 Å². The average Bonchev–Trinajstić information content (AvgIpc) is 2.13. The van der Waals surface area contributed by atoms with Crippen molar-refractivity contribution >= 4 is 15.9 Å². The Balaban J connectivity index is 2.94. The van der Waals surface area contributed by atoms with Crippen LogP contribution in [0.1, 0.15) is 18.6 Å². The normalized spacial score (nSPS) is 13.7. The summed E-state index contributed by atoms with van der Waals surface area (Å²) in [5.41, 5.74) is 0.787. The molecule has 9 heavy (non-hydrogen) atoms. The first-order valence-corrected chi connectivity index (χ1v) is 3.40. The molecule has 0 fully saturated rings. The van der Waals surface area contributed by atoms with Crippen molar-refractivity contribution < 1.29 is 9.52 Å². The van der Waals surface area contributed by atoms with Crippen LogP contribution in [0.2, 0.25) is 0 Å². The van der Waals surface area contributed by atoms with Gasteiger partial charge in [-0.1, -0.05) is 0 Å². The Labute approximate surface area is 61.6 Å². The molecule has 0 aromatic carbocycles. The Bertz CT molecular complexity index is 193. The molecule has 0 aliphatic heterocycles. The monoisotopic (exact) mass is 190 g/mol. The van der Waals surface area contributed by atoms with Gasteiger partial charge < -0.3 is 9.52 Å². The Morgan fingerprint density at radius 1 is 1.67 bits per heavy atom. The van der Waals surface area contributed by atoms with Crippen LogP contribution in [-0.4, -0.2) is 5.11 Å². The maximum absolute atomic E-state index is 9.00. The lowest BCUT2D eigenvalue weighted by atomic mass is 10.2. The van der Waals surface area contributed by atoms with Crippen LogP contribution in [0.4, 0.5) is 0 Å². The summed E-state index contributed by atoms with van der Waals surface area (Å²) in [5, 5.41) is 9.00. The van der Waals surface area contributed by atoms with E-state index in [1.54, 1.807) is 13.2 Å². The highest BCUT2D eigenvalue weighted by atomic mass is 79.9. The fraction of sp³-hybridized carbons (Fsp3) is 0.333. The van der Waals surface area contributed by atoms with Crippen LogP contribution >= 0.6 is 15.9 Å². The number of hydrogen-bond donors (Lipinski definition) is 1. The zero-order valence-corrected chi connectivity index (χ0v) is 6.55. The standard InChI is InChI=1S/C6H7BrO2/c1-4(8)5-2-9-3-6(5)7/h2-4,8H,1H3. The Morgan fingerprint density at radius 3 is 2.56 bits per heavy atom. The average molecular weight is 191 g/mol. The molecule has 3 heteroatoms. The van der Waals surface area contributed by atoms with E-state index in [0.717, 1.165) is 10.0 Å². The van der Waals surface area contributed by atoms with Gasteiger partial charge in [-0.25, -0.2) is 0 Å². The van der Waals surface area contributed by atoms with Gasteiger partial charge in [0.25, 0.3) is 0 Å². The third kappa shape index (κ3) is 1.34. The highest BCUT2D eigenvalue weighted by Crippen LogP contribution is 2.23. The first-order chi connectivity index (χ1) is 4.22. The lowest BCUT2D eigenvalue weighted by molar-refractivity contribution is 0.197. The zero-order valence-electron chi connectivity index (χ0n) is 4.97. The molecule has 1 aromatic rings. The van der Waals surface area contributed by atoms with E-state index in [1.807, 2.05) is 0 Å². The second-order valence-corrected chi connectivity index (χ2v) is 2.71. The van der Waals surface area contributed by atoms with E-state index in [4.69, 9.17) is 9.52 Å². The van der Waals surface area contributed by atoms with Crippen molar-refractivity contribution in [3.63, 3.8) is 0 Å². The first-order valence-electron chi connectivity index (χ1n) is 2.61. The predicted molar refractivity (Wildman–Crippen MR) is 37.0 cm³/mol. The fourth-order valence-electron chi connectivity index (χ4n) is 0.589. The van der Waals surface area contributed by atoms with Gasteiger partial charge in [0, 0.05) is 5.56 Å². The minimum absolute atomic E-state index is 0.460. The maximum atomic E-state index is 9.00. The lowest BCUT2D eigenvalue weighted by Gasteiger charge is -1.97. The summed E-state index contributed by atoms with van der Waals surface area (Å²) in [7, 11) is 0. The molecule has 0 amide bonds. The van der Waals surface area contributed by atoms with Gasteiger partial charge in [0.1, 0.15) is 6.26 Å². The summed E-state index contributed by atoms with van der Waals surface area (Å²) < 4.78 is 5.62. The molecule has 1 unspecified atom stereocenters. The smallest absolute Gasteiger partial charge is 0.105 e. The number of rotatable bonds is 1. The topological polar surface area (TPSA) is 33.4 Å². The van der Waals surface area contributed by atoms with Crippen molar-refractivity contribution in [1.82, 2.24) is 0 Å². The van der Waals surface area contributed by atoms with E-state index in [2.05, 4.69) is 15.9 Å². The van der Waals surface area contributed by atoms with E-state index in [-0.39, 0.29) is 0 Å². The largest absolute Gasteiger partial charge is 0.471 e. The number of aliphatic hydroxyl groups excluding tert-OH is 1. The van der Waals surface area contributed by atoms with Gasteiger partial charge in [-0.05, 0) is 22.9 Å². The van der Waals surface area contributed by atoms with Crippen LogP contribution in [0.25, 0.3) is 0 Å². The van der Waals surface area contributed by atoms with Gasteiger partial charge >= 0.3 is 0 Å². The molecule has 0 aliphatic carbocycles. The van der Waals surface area contributed by atoms with E-state index >= 15 is 0 Å². The zero-order chi connectivity index (χ0) is 6.85. The van der Waals surface area contributed by atoms with Gasteiger partial charge in [-0.2, -0.15) is 0 Å². The molecule has 0 aliphatic rings. The maximum Gasteiger partial charge on any atom is 0.105 e. The Kier molecular flexibility index (Phi) is 1.93. The molecule has 50 valence electrons.